The summed E-state index contributed by atoms with van der Waals surface area (Å²) in [6, 6.07) is 10.9. The van der Waals surface area contributed by atoms with Gasteiger partial charge in [0, 0.05) is 23.3 Å². The maximum absolute atomic E-state index is 13.0. The van der Waals surface area contributed by atoms with Crippen molar-refractivity contribution >= 4 is 17.9 Å². The van der Waals surface area contributed by atoms with Crippen LogP contribution in [-0.2, 0) is 9.53 Å². The molecule has 1 aliphatic heterocycles. The lowest BCUT2D eigenvalue weighted by atomic mass is 9.97. The van der Waals surface area contributed by atoms with Gasteiger partial charge < -0.3 is 23.7 Å². The van der Waals surface area contributed by atoms with Crippen LogP contribution in [0.5, 0.6) is 23.0 Å². The summed E-state index contributed by atoms with van der Waals surface area (Å²) < 4.78 is 26.8. The normalized spacial score (nSPS) is 16.8. The van der Waals surface area contributed by atoms with E-state index >= 15 is 0 Å². The van der Waals surface area contributed by atoms with Gasteiger partial charge in [-0.25, -0.2) is 0 Å². The molecule has 1 saturated heterocycles. The van der Waals surface area contributed by atoms with E-state index in [0.29, 0.717) is 34.1 Å². The molecule has 0 bridgehead atoms. The van der Waals surface area contributed by atoms with Crippen molar-refractivity contribution in [3.8, 4) is 23.0 Å². The van der Waals surface area contributed by atoms with Crippen LogP contribution in [0, 0.1) is 0 Å². The first-order chi connectivity index (χ1) is 14.1. The van der Waals surface area contributed by atoms with Gasteiger partial charge in [-0.3, -0.25) is 4.79 Å². The van der Waals surface area contributed by atoms with E-state index in [2.05, 4.69) is 0 Å². The summed E-state index contributed by atoms with van der Waals surface area (Å²) in [7, 11) is 6.35. The molecule has 0 saturated carbocycles. The van der Waals surface area contributed by atoms with E-state index < -0.39 is 0 Å². The Morgan fingerprint density at radius 2 is 1.00 bits per heavy atom. The van der Waals surface area contributed by atoms with Gasteiger partial charge in [-0.05, 0) is 47.5 Å². The molecule has 6 heteroatoms. The van der Waals surface area contributed by atoms with Crippen LogP contribution in [0.15, 0.2) is 47.5 Å². The molecule has 0 radical (unpaired) electrons. The molecule has 0 aromatic heterocycles. The summed E-state index contributed by atoms with van der Waals surface area (Å²) in [4.78, 5) is 13.0. The van der Waals surface area contributed by atoms with E-state index in [1.807, 2.05) is 24.3 Å². The third kappa shape index (κ3) is 4.97. The molecule has 0 spiro atoms. The van der Waals surface area contributed by atoms with E-state index in [1.54, 1.807) is 52.7 Å². The highest BCUT2D eigenvalue weighted by Crippen LogP contribution is 2.28. The van der Waals surface area contributed by atoms with Crippen LogP contribution in [0.25, 0.3) is 12.2 Å². The summed E-state index contributed by atoms with van der Waals surface area (Å²) in [5.41, 5.74) is 2.73. The average molecular weight is 396 g/mol. The maximum atomic E-state index is 13.0. The zero-order valence-electron chi connectivity index (χ0n) is 17.0. The van der Waals surface area contributed by atoms with Crippen molar-refractivity contribution in [1.29, 1.82) is 0 Å². The van der Waals surface area contributed by atoms with Gasteiger partial charge in [0.25, 0.3) is 0 Å². The highest BCUT2D eigenvalue weighted by Gasteiger charge is 2.21. The van der Waals surface area contributed by atoms with Crippen molar-refractivity contribution in [2.45, 2.75) is 0 Å². The molecule has 2 aromatic carbocycles. The predicted octanol–water partition coefficient (Wildman–Crippen LogP) is 3.79. The molecule has 3 rings (SSSR count). The summed E-state index contributed by atoms with van der Waals surface area (Å²) >= 11 is 0. The zero-order chi connectivity index (χ0) is 20.8. The molecule has 1 heterocycles. The molecule has 0 N–H and O–H groups in total. The summed E-state index contributed by atoms with van der Waals surface area (Å²) in [6.45, 7) is 0.494. The van der Waals surface area contributed by atoms with Gasteiger partial charge in [0.2, 0.25) is 0 Å². The first-order valence-electron chi connectivity index (χ1n) is 9.06. The van der Waals surface area contributed by atoms with Gasteiger partial charge in [0.15, 0.2) is 5.78 Å². The van der Waals surface area contributed by atoms with Crippen LogP contribution < -0.4 is 18.9 Å². The van der Waals surface area contributed by atoms with Crippen LogP contribution in [0.3, 0.4) is 0 Å². The molecule has 0 amide bonds. The number of hydrogen-bond donors (Lipinski definition) is 0. The number of hydrogen-bond acceptors (Lipinski definition) is 6. The molecule has 0 atom stereocenters. The Labute approximate surface area is 170 Å². The molecule has 1 aliphatic rings. The minimum absolute atomic E-state index is 0.0557. The number of methoxy groups -OCH3 is 4. The van der Waals surface area contributed by atoms with Crippen LogP contribution in [0.4, 0.5) is 0 Å². The second kappa shape index (κ2) is 9.30. The molecule has 6 nitrogen and oxygen atoms in total. The number of carbonyl (C=O) groups excluding carboxylic acids is 1. The lowest BCUT2D eigenvalue weighted by Gasteiger charge is -2.18. The number of rotatable bonds is 6. The van der Waals surface area contributed by atoms with Crippen molar-refractivity contribution in [3.05, 3.63) is 58.7 Å². The van der Waals surface area contributed by atoms with Crippen molar-refractivity contribution in [1.82, 2.24) is 0 Å². The Bertz CT molecular complexity index is 838. The van der Waals surface area contributed by atoms with Gasteiger partial charge in [-0.1, -0.05) is 0 Å². The monoisotopic (exact) mass is 396 g/mol. The highest BCUT2D eigenvalue weighted by molar-refractivity contribution is 6.14. The van der Waals surface area contributed by atoms with Gasteiger partial charge >= 0.3 is 0 Å². The van der Waals surface area contributed by atoms with Crippen molar-refractivity contribution in [2.75, 3.05) is 41.7 Å². The first kappa shape index (κ1) is 20.5. The second-order valence-electron chi connectivity index (χ2n) is 6.45. The summed E-state index contributed by atoms with van der Waals surface area (Å²) in [6.07, 6.45) is 3.60. The fourth-order valence-corrected chi connectivity index (χ4v) is 3.05. The Hall–Kier alpha value is -3.25. The Kier molecular flexibility index (Phi) is 6.57. The molecule has 2 aromatic rings. The van der Waals surface area contributed by atoms with Gasteiger partial charge in [-0.2, -0.15) is 0 Å². The van der Waals surface area contributed by atoms with E-state index in [9.17, 15) is 4.79 Å². The quantitative estimate of drug-likeness (QED) is 0.693. The van der Waals surface area contributed by atoms with E-state index in [0.717, 1.165) is 11.1 Å². The fourth-order valence-electron chi connectivity index (χ4n) is 3.05. The lowest BCUT2D eigenvalue weighted by Crippen LogP contribution is -2.21. The maximum Gasteiger partial charge on any atom is 0.189 e. The van der Waals surface area contributed by atoms with E-state index in [-0.39, 0.29) is 19.0 Å². The predicted molar refractivity (Wildman–Crippen MR) is 111 cm³/mol. The average Bonchev–Trinajstić information content (AvgIpc) is 2.75. The molecule has 0 unspecified atom stereocenters. The molecule has 0 aliphatic carbocycles. The Morgan fingerprint density at radius 1 is 0.655 bits per heavy atom. The zero-order valence-corrected chi connectivity index (χ0v) is 17.0. The minimum atomic E-state index is -0.0557. The largest absolute Gasteiger partial charge is 0.497 e. The Balaban J connectivity index is 1.93. The number of ether oxygens (including phenoxy) is 5. The van der Waals surface area contributed by atoms with Crippen molar-refractivity contribution in [3.63, 3.8) is 0 Å². The molecule has 152 valence electrons. The van der Waals surface area contributed by atoms with Crippen LogP contribution in [0.2, 0.25) is 0 Å². The van der Waals surface area contributed by atoms with Gasteiger partial charge in [0.1, 0.15) is 23.0 Å². The van der Waals surface area contributed by atoms with Crippen molar-refractivity contribution < 1.29 is 28.5 Å². The van der Waals surface area contributed by atoms with E-state index in [4.69, 9.17) is 23.7 Å². The smallest absolute Gasteiger partial charge is 0.189 e. The standard InChI is InChI=1S/C23H24O6/c1-25-19-7-15(8-20(11-19)26-2)5-17-13-29-14-18(23(17)24)6-16-9-21(27-3)12-22(10-16)28-4/h5-12H,13-14H2,1-4H3/b17-5+,18-6+. The molecule has 29 heavy (non-hydrogen) atoms. The third-order valence-electron chi connectivity index (χ3n) is 4.53. The number of Topliss-reactive ketones (excluding diaryl/α,β-unsaturated/α-hetero) is 1. The first-order valence-corrected chi connectivity index (χ1v) is 9.06. The lowest BCUT2D eigenvalue weighted by molar-refractivity contribution is -0.114. The minimum Gasteiger partial charge on any atom is -0.497 e. The van der Waals surface area contributed by atoms with Crippen LogP contribution in [-0.4, -0.2) is 47.4 Å². The van der Waals surface area contributed by atoms with Gasteiger partial charge in [0.05, 0.1) is 41.7 Å². The number of benzene rings is 2. The summed E-state index contributed by atoms with van der Waals surface area (Å²) in [5.74, 6) is 2.55. The van der Waals surface area contributed by atoms with Gasteiger partial charge in [-0.15, -0.1) is 0 Å². The topological polar surface area (TPSA) is 63.2 Å². The fraction of sp³-hybridized carbons (Fsp3) is 0.261. The third-order valence-corrected chi connectivity index (χ3v) is 4.53. The van der Waals surface area contributed by atoms with Crippen LogP contribution in [0.1, 0.15) is 11.1 Å². The summed E-state index contributed by atoms with van der Waals surface area (Å²) in [5, 5.41) is 0. The number of carbonyl (C=O) groups is 1. The highest BCUT2D eigenvalue weighted by atomic mass is 16.5. The Morgan fingerprint density at radius 3 is 1.31 bits per heavy atom. The second-order valence-corrected chi connectivity index (χ2v) is 6.45. The SMILES string of the molecule is COc1cc(/C=C2\COC/C(=C\c3cc(OC)cc(OC)c3)C2=O)cc(OC)c1. The number of ketones is 1. The van der Waals surface area contributed by atoms with Crippen molar-refractivity contribution in [2.24, 2.45) is 0 Å². The molecule has 1 fully saturated rings. The van der Waals surface area contributed by atoms with Crippen LogP contribution >= 0.6 is 0 Å². The molecular weight excluding hydrogens is 372 g/mol. The van der Waals surface area contributed by atoms with E-state index in [1.165, 1.54) is 0 Å². The molecular formula is C23H24O6.